The van der Waals surface area contributed by atoms with Crippen molar-refractivity contribution in [3.63, 3.8) is 0 Å². The summed E-state index contributed by atoms with van der Waals surface area (Å²) in [4.78, 5) is 1.19. The van der Waals surface area contributed by atoms with Crippen LogP contribution >= 0.6 is 11.8 Å². The van der Waals surface area contributed by atoms with E-state index in [2.05, 4.69) is 23.5 Å². The maximum Gasteiger partial charge on any atom is 0.238 e. The second-order valence-corrected chi connectivity index (χ2v) is 9.63. The van der Waals surface area contributed by atoms with Crippen LogP contribution in [0.3, 0.4) is 0 Å². The third-order valence-corrected chi connectivity index (χ3v) is 7.04. The summed E-state index contributed by atoms with van der Waals surface area (Å²) in [5.74, 6) is 0. The molecule has 2 aromatic carbocycles. The Bertz CT molecular complexity index is 916. The summed E-state index contributed by atoms with van der Waals surface area (Å²) in [7, 11) is -3.82. The summed E-state index contributed by atoms with van der Waals surface area (Å²) in [5, 5.41) is 17.9. The zero-order valence-electron chi connectivity index (χ0n) is 14.3. The van der Waals surface area contributed by atoms with Gasteiger partial charge in [-0.3, -0.25) is 0 Å². The number of nitrogens with zero attached hydrogens (tertiary/aromatic N) is 1. The molecule has 0 saturated heterocycles. The molecule has 0 unspecified atom stereocenters. The summed E-state index contributed by atoms with van der Waals surface area (Å²) in [6.07, 6.45) is 4.60. The van der Waals surface area contributed by atoms with E-state index in [1.165, 1.54) is 29.9 Å². The van der Waals surface area contributed by atoms with Gasteiger partial charge in [0.1, 0.15) is 6.07 Å². The molecule has 0 spiro atoms. The van der Waals surface area contributed by atoms with E-state index in [9.17, 15) is 13.7 Å². The molecule has 3 N–H and O–H groups in total. The largest absolute Gasteiger partial charge is 0.383 e. The van der Waals surface area contributed by atoms with Gasteiger partial charge in [0.05, 0.1) is 16.1 Å². The summed E-state index contributed by atoms with van der Waals surface area (Å²) >= 11 is 1.88. The minimum atomic E-state index is -3.82. The average Bonchev–Trinajstić information content (AvgIpc) is 3.08. The van der Waals surface area contributed by atoms with Crippen LogP contribution in [-0.2, 0) is 10.0 Å². The van der Waals surface area contributed by atoms with E-state index < -0.39 is 10.0 Å². The Labute approximate surface area is 158 Å². The fourth-order valence-corrected chi connectivity index (χ4v) is 5.25. The van der Waals surface area contributed by atoms with Crippen molar-refractivity contribution < 1.29 is 8.42 Å². The van der Waals surface area contributed by atoms with Crippen LogP contribution in [0.1, 0.15) is 31.2 Å². The fraction of sp³-hybridized carbons (Fsp3) is 0.316. The standard InChI is InChI=1S/C19H21N3O2S2/c20-13-15-12-17(26(21,23)24)8-9-18(15)22-14-19(10-4-5-11-19)25-16-6-2-1-3-7-16/h1-3,6-9,12,22H,4-5,10-11,14H2,(H2,21,23,24). The normalized spacial score (nSPS) is 16.2. The number of hydrogen-bond donors (Lipinski definition) is 2. The van der Waals surface area contributed by atoms with Gasteiger partial charge in [-0.25, -0.2) is 13.6 Å². The van der Waals surface area contributed by atoms with Crippen LogP contribution in [0.25, 0.3) is 0 Å². The Morgan fingerprint density at radius 3 is 2.46 bits per heavy atom. The first kappa shape index (κ1) is 18.8. The van der Waals surface area contributed by atoms with Crippen LogP contribution in [0.4, 0.5) is 5.69 Å². The zero-order valence-corrected chi connectivity index (χ0v) is 15.9. The molecule has 0 aliphatic heterocycles. The van der Waals surface area contributed by atoms with Gasteiger partial charge in [0.2, 0.25) is 10.0 Å². The minimum absolute atomic E-state index is 0.0474. The van der Waals surface area contributed by atoms with Crippen LogP contribution in [-0.4, -0.2) is 19.7 Å². The maximum absolute atomic E-state index is 11.5. The molecule has 2 aromatic rings. The predicted octanol–water partition coefficient (Wildman–Crippen LogP) is 3.72. The van der Waals surface area contributed by atoms with Gasteiger partial charge >= 0.3 is 0 Å². The molecule has 1 aliphatic rings. The highest BCUT2D eigenvalue weighted by Crippen LogP contribution is 2.45. The Balaban J connectivity index is 1.79. The van der Waals surface area contributed by atoms with Gasteiger partial charge in [-0.15, -0.1) is 11.8 Å². The smallest absolute Gasteiger partial charge is 0.238 e. The van der Waals surface area contributed by atoms with Crippen molar-refractivity contribution in [2.45, 2.75) is 40.2 Å². The molecule has 3 rings (SSSR count). The number of nitrogens with one attached hydrogen (secondary N) is 1. The lowest BCUT2D eigenvalue weighted by molar-refractivity contribution is 0.597. The molecule has 0 amide bonds. The summed E-state index contributed by atoms with van der Waals surface area (Å²) in [5.41, 5.74) is 0.925. The van der Waals surface area contributed by atoms with E-state index in [0.717, 1.165) is 19.4 Å². The monoisotopic (exact) mass is 387 g/mol. The topological polar surface area (TPSA) is 96.0 Å². The fourth-order valence-electron chi connectivity index (χ4n) is 3.28. The van der Waals surface area contributed by atoms with Gasteiger partial charge < -0.3 is 5.32 Å². The molecule has 7 heteroatoms. The van der Waals surface area contributed by atoms with Crippen LogP contribution in [0, 0.1) is 11.3 Å². The number of anilines is 1. The van der Waals surface area contributed by atoms with Crippen LogP contribution in [0.2, 0.25) is 0 Å². The first-order valence-electron chi connectivity index (χ1n) is 8.47. The predicted molar refractivity (Wildman–Crippen MR) is 105 cm³/mol. The van der Waals surface area contributed by atoms with Gasteiger partial charge in [-0.05, 0) is 43.2 Å². The lowest BCUT2D eigenvalue weighted by Crippen LogP contribution is -2.30. The van der Waals surface area contributed by atoms with Crippen molar-refractivity contribution in [1.82, 2.24) is 0 Å². The van der Waals surface area contributed by atoms with Crippen molar-refractivity contribution in [1.29, 1.82) is 5.26 Å². The number of nitriles is 1. The second-order valence-electron chi connectivity index (χ2n) is 6.52. The van der Waals surface area contributed by atoms with Gasteiger partial charge in [-0.2, -0.15) is 5.26 Å². The SMILES string of the molecule is N#Cc1cc(S(N)(=O)=O)ccc1NCC1(Sc2ccccc2)CCCC1. The molecule has 1 aliphatic carbocycles. The number of primary sulfonamides is 1. The van der Waals surface area contributed by atoms with E-state index in [-0.39, 0.29) is 15.2 Å². The van der Waals surface area contributed by atoms with Crippen molar-refractivity contribution in [3.8, 4) is 6.07 Å². The molecule has 136 valence electrons. The molecule has 26 heavy (non-hydrogen) atoms. The maximum atomic E-state index is 11.5. The highest BCUT2D eigenvalue weighted by atomic mass is 32.2. The van der Waals surface area contributed by atoms with Crippen molar-refractivity contribution in [3.05, 3.63) is 54.1 Å². The Kier molecular flexibility index (Phi) is 5.56. The van der Waals surface area contributed by atoms with Gasteiger partial charge in [0.15, 0.2) is 0 Å². The summed E-state index contributed by atoms with van der Waals surface area (Å²) in [6, 6.07) is 16.8. The molecule has 0 aromatic heterocycles. The van der Waals surface area contributed by atoms with Crippen LogP contribution < -0.4 is 10.5 Å². The average molecular weight is 388 g/mol. The molecular formula is C19H21N3O2S2. The van der Waals surface area contributed by atoms with Crippen LogP contribution in [0.5, 0.6) is 0 Å². The molecule has 1 saturated carbocycles. The number of hydrogen-bond acceptors (Lipinski definition) is 5. The van der Waals surface area contributed by atoms with E-state index in [1.54, 1.807) is 6.07 Å². The van der Waals surface area contributed by atoms with Crippen molar-refractivity contribution >= 4 is 27.5 Å². The summed E-state index contributed by atoms with van der Waals surface area (Å²) < 4.78 is 23.0. The first-order chi connectivity index (χ1) is 12.4. The number of benzene rings is 2. The molecule has 1 fully saturated rings. The number of rotatable bonds is 6. The summed E-state index contributed by atoms with van der Waals surface area (Å²) in [6.45, 7) is 0.718. The van der Waals surface area contributed by atoms with Gasteiger partial charge in [0.25, 0.3) is 0 Å². The Hall–Kier alpha value is -2.01. The van der Waals surface area contributed by atoms with Crippen molar-refractivity contribution in [2.24, 2.45) is 5.14 Å². The van der Waals surface area contributed by atoms with Gasteiger partial charge in [0, 0.05) is 16.2 Å². The Morgan fingerprint density at radius 1 is 1.15 bits per heavy atom. The quantitative estimate of drug-likeness (QED) is 0.787. The zero-order chi connectivity index (χ0) is 18.6. The Morgan fingerprint density at radius 2 is 1.85 bits per heavy atom. The molecule has 0 atom stereocenters. The number of sulfonamides is 1. The number of nitrogens with two attached hydrogens (primary N) is 1. The highest BCUT2D eigenvalue weighted by molar-refractivity contribution is 8.00. The lowest BCUT2D eigenvalue weighted by atomic mass is 10.1. The highest BCUT2D eigenvalue weighted by Gasteiger charge is 2.35. The molecule has 0 heterocycles. The second kappa shape index (κ2) is 7.70. The van der Waals surface area contributed by atoms with E-state index in [4.69, 9.17) is 5.14 Å². The molecule has 0 bridgehead atoms. The lowest BCUT2D eigenvalue weighted by Gasteiger charge is -2.29. The molecule has 5 nitrogen and oxygen atoms in total. The molecule has 0 radical (unpaired) electrons. The van der Waals surface area contributed by atoms with Crippen LogP contribution in [0.15, 0.2) is 58.3 Å². The van der Waals surface area contributed by atoms with E-state index >= 15 is 0 Å². The third-order valence-electron chi connectivity index (χ3n) is 4.63. The number of thioether (sulfide) groups is 1. The van der Waals surface area contributed by atoms with E-state index in [1.807, 2.05) is 30.0 Å². The molecular weight excluding hydrogens is 366 g/mol. The van der Waals surface area contributed by atoms with Gasteiger partial charge in [-0.1, -0.05) is 31.0 Å². The van der Waals surface area contributed by atoms with E-state index in [0.29, 0.717) is 5.69 Å². The third kappa shape index (κ3) is 4.39. The minimum Gasteiger partial charge on any atom is -0.383 e. The van der Waals surface area contributed by atoms with Crippen molar-refractivity contribution in [2.75, 3.05) is 11.9 Å². The first-order valence-corrected chi connectivity index (χ1v) is 10.8.